The van der Waals surface area contributed by atoms with Gasteiger partial charge in [-0.3, -0.25) is 14.6 Å². The zero-order valence-corrected chi connectivity index (χ0v) is 7.50. The first kappa shape index (κ1) is 8.90. The minimum absolute atomic E-state index is 0.128. The number of nitrogen functional groups attached to an aromatic ring is 1. The van der Waals surface area contributed by atoms with Crippen LogP contribution in [0, 0.1) is 5.92 Å². The van der Waals surface area contributed by atoms with Crippen molar-refractivity contribution in [2.24, 2.45) is 5.92 Å². The number of rotatable bonds is 3. The van der Waals surface area contributed by atoms with Crippen LogP contribution in [0.4, 0.5) is 5.82 Å². The Balaban J connectivity index is 2.63. The molecule has 12 heavy (non-hydrogen) atoms. The number of anilines is 1. The van der Waals surface area contributed by atoms with Crippen molar-refractivity contribution in [2.45, 2.75) is 26.8 Å². The van der Waals surface area contributed by atoms with Gasteiger partial charge in [0.25, 0.3) is 5.56 Å². The first-order valence-electron chi connectivity index (χ1n) is 4.15. The summed E-state index contributed by atoms with van der Waals surface area (Å²) in [6.07, 6.45) is 1.02. The number of hydrogen-bond donors (Lipinski definition) is 2. The molecule has 0 bridgehead atoms. The first-order valence-corrected chi connectivity index (χ1v) is 4.15. The van der Waals surface area contributed by atoms with Crippen molar-refractivity contribution in [1.29, 1.82) is 0 Å². The van der Waals surface area contributed by atoms with Gasteiger partial charge in [0.1, 0.15) is 5.82 Å². The Morgan fingerprint density at radius 3 is 2.75 bits per heavy atom. The van der Waals surface area contributed by atoms with E-state index in [9.17, 15) is 4.79 Å². The van der Waals surface area contributed by atoms with Crippen LogP contribution in [-0.4, -0.2) is 9.78 Å². The summed E-state index contributed by atoms with van der Waals surface area (Å²) in [7, 11) is 0. The Bertz CT molecular complexity index is 297. The largest absolute Gasteiger partial charge is 0.384 e. The first-order chi connectivity index (χ1) is 5.59. The normalized spacial score (nSPS) is 10.9. The summed E-state index contributed by atoms with van der Waals surface area (Å²) in [6, 6.07) is 1.40. The van der Waals surface area contributed by atoms with E-state index < -0.39 is 0 Å². The monoisotopic (exact) mass is 169 g/mol. The summed E-state index contributed by atoms with van der Waals surface area (Å²) in [5.74, 6) is 1.14. The van der Waals surface area contributed by atoms with Crippen LogP contribution in [0.15, 0.2) is 10.9 Å². The second-order valence-electron chi connectivity index (χ2n) is 3.38. The smallest absolute Gasteiger partial charge is 0.266 e. The zero-order chi connectivity index (χ0) is 9.14. The molecule has 0 atom stereocenters. The van der Waals surface area contributed by atoms with Crippen LogP contribution >= 0.6 is 0 Å². The summed E-state index contributed by atoms with van der Waals surface area (Å²) in [5.41, 5.74) is 5.43. The molecule has 68 valence electrons. The van der Waals surface area contributed by atoms with Gasteiger partial charge in [-0.2, -0.15) is 0 Å². The molecular formula is C8H15N3O. The third-order valence-electron chi connectivity index (χ3n) is 1.77. The van der Waals surface area contributed by atoms with Crippen LogP contribution in [0.2, 0.25) is 0 Å². The maximum absolute atomic E-state index is 10.8. The van der Waals surface area contributed by atoms with Crippen molar-refractivity contribution < 1.29 is 0 Å². The lowest BCUT2D eigenvalue weighted by atomic mass is 10.1. The van der Waals surface area contributed by atoms with E-state index in [0.717, 1.165) is 13.0 Å². The maximum Gasteiger partial charge on any atom is 0.266 e. The average Bonchev–Trinajstić information content (AvgIpc) is 2.26. The fourth-order valence-corrected chi connectivity index (χ4v) is 1.01. The number of H-pyrrole nitrogens is 1. The number of hydrogen-bond acceptors (Lipinski definition) is 2. The summed E-state index contributed by atoms with van der Waals surface area (Å²) >= 11 is 0. The van der Waals surface area contributed by atoms with Crippen LogP contribution < -0.4 is 11.3 Å². The van der Waals surface area contributed by atoms with Gasteiger partial charge >= 0.3 is 0 Å². The summed E-state index contributed by atoms with van der Waals surface area (Å²) < 4.78 is 1.68. The van der Waals surface area contributed by atoms with Crippen LogP contribution in [0.1, 0.15) is 20.3 Å². The Hall–Kier alpha value is -1.19. The molecular weight excluding hydrogens is 154 g/mol. The van der Waals surface area contributed by atoms with Gasteiger partial charge in [-0.1, -0.05) is 13.8 Å². The molecule has 1 rings (SSSR count). The average molecular weight is 169 g/mol. The molecule has 1 aromatic heterocycles. The molecule has 0 saturated heterocycles. The molecule has 0 unspecified atom stereocenters. The van der Waals surface area contributed by atoms with Crippen molar-refractivity contribution in [3.63, 3.8) is 0 Å². The standard InChI is InChI=1S/C8H15N3O/c1-6(2)3-4-11-7(9)5-8(12)10-11/h5-6H,3-4,9H2,1-2H3,(H,10,12). The van der Waals surface area contributed by atoms with E-state index in [2.05, 4.69) is 18.9 Å². The Morgan fingerprint density at radius 1 is 1.67 bits per heavy atom. The second kappa shape index (κ2) is 3.47. The fraction of sp³-hybridized carbons (Fsp3) is 0.625. The molecule has 4 nitrogen and oxygen atoms in total. The van der Waals surface area contributed by atoms with E-state index in [0.29, 0.717) is 11.7 Å². The molecule has 3 N–H and O–H groups in total. The van der Waals surface area contributed by atoms with Crippen molar-refractivity contribution in [3.05, 3.63) is 16.4 Å². The van der Waals surface area contributed by atoms with Gasteiger partial charge in [0.2, 0.25) is 0 Å². The molecule has 4 heteroatoms. The van der Waals surface area contributed by atoms with E-state index >= 15 is 0 Å². The van der Waals surface area contributed by atoms with Crippen molar-refractivity contribution >= 4 is 5.82 Å². The van der Waals surface area contributed by atoms with Crippen LogP contribution in [0.25, 0.3) is 0 Å². The highest BCUT2D eigenvalue weighted by molar-refractivity contribution is 5.25. The summed E-state index contributed by atoms with van der Waals surface area (Å²) in [6.45, 7) is 5.06. The Morgan fingerprint density at radius 2 is 2.33 bits per heavy atom. The molecule has 0 aliphatic heterocycles. The van der Waals surface area contributed by atoms with E-state index in [-0.39, 0.29) is 5.56 Å². The lowest BCUT2D eigenvalue weighted by Crippen LogP contribution is -2.09. The minimum atomic E-state index is -0.128. The topological polar surface area (TPSA) is 63.8 Å². The van der Waals surface area contributed by atoms with Crippen LogP contribution in [0.5, 0.6) is 0 Å². The maximum atomic E-state index is 10.8. The number of nitrogens with zero attached hydrogens (tertiary/aromatic N) is 1. The van der Waals surface area contributed by atoms with Gasteiger partial charge in [-0.15, -0.1) is 0 Å². The Kier molecular flexibility index (Phi) is 2.58. The minimum Gasteiger partial charge on any atom is -0.384 e. The molecule has 0 aromatic carbocycles. The molecule has 0 spiro atoms. The molecule has 0 saturated carbocycles. The van der Waals surface area contributed by atoms with E-state index in [1.807, 2.05) is 0 Å². The number of aromatic nitrogens is 2. The lowest BCUT2D eigenvalue weighted by Gasteiger charge is -2.06. The molecule has 0 radical (unpaired) electrons. The number of nitrogens with two attached hydrogens (primary N) is 1. The summed E-state index contributed by atoms with van der Waals surface area (Å²) in [5, 5.41) is 2.64. The second-order valence-corrected chi connectivity index (χ2v) is 3.38. The quantitative estimate of drug-likeness (QED) is 0.703. The van der Waals surface area contributed by atoms with E-state index in [1.54, 1.807) is 4.68 Å². The van der Waals surface area contributed by atoms with Gasteiger partial charge in [0, 0.05) is 12.6 Å². The molecule has 0 aliphatic carbocycles. The molecule has 0 fully saturated rings. The Labute approximate surface area is 71.4 Å². The highest BCUT2D eigenvalue weighted by Crippen LogP contribution is 2.04. The van der Waals surface area contributed by atoms with Gasteiger partial charge in [-0.05, 0) is 12.3 Å². The van der Waals surface area contributed by atoms with Crippen LogP contribution in [0.3, 0.4) is 0 Å². The summed E-state index contributed by atoms with van der Waals surface area (Å²) in [4.78, 5) is 10.8. The van der Waals surface area contributed by atoms with Gasteiger partial charge in [-0.25, -0.2) is 0 Å². The predicted octanol–water partition coefficient (Wildman–Crippen LogP) is 0.805. The molecule has 0 amide bonds. The van der Waals surface area contributed by atoms with Gasteiger partial charge < -0.3 is 5.73 Å². The molecule has 0 aliphatic rings. The highest BCUT2D eigenvalue weighted by Gasteiger charge is 2.00. The molecule has 1 heterocycles. The lowest BCUT2D eigenvalue weighted by molar-refractivity contribution is 0.489. The third-order valence-corrected chi connectivity index (χ3v) is 1.77. The van der Waals surface area contributed by atoms with Crippen molar-refractivity contribution in [3.8, 4) is 0 Å². The van der Waals surface area contributed by atoms with Crippen molar-refractivity contribution in [2.75, 3.05) is 5.73 Å². The highest BCUT2D eigenvalue weighted by atomic mass is 16.1. The van der Waals surface area contributed by atoms with Gasteiger partial charge in [0.05, 0.1) is 0 Å². The zero-order valence-electron chi connectivity index (χ0n) is 7.50. The SMILES string of the molecule is CC(C)CCn1[nH]c(=O)cc1N. The predicted molar refractivity (Wildman–Crippen MR) is 48.9 cm³/mol. The van der Waals surface area contributed by atoms with E-state index in [4.69, 9.17) is 5.73 Å². The third kappa shape index (κ3) is 2.15. The number of aryl methyl sites for hydroxylation is 1. The fourth-order valence-electron chi connectivity index (χ4n) is 1.01. The van der Waals surface area contributed by atoms with Gasteiger partial charge in [0.15, 0.2) is 0 Å². The van der Waals surface area contributed by atoms with Crippen LogP contribution in [-0.2, 0) is 6.54 Å². The number of aromatic amines is 1. The van der Waals surface area contributed by atoms with E-state index in [1.165, 1.54) is 6.07 Å². The molecule has 1 aromatic rings. The van der Waals surface area contributed by atoms with Crippen molar-refractivity contribution in [1.82, 2.24) is 9.78 Å². The number of nitrogens with one attached hydrogen (secondary N) is 1.